The summed E-state index contributed by atoms with van der Waals surface area (Å²) in [4.78, 5) is 23.3. The first-order valence-corrected chi connectivity index (χ1v) is 7.28. The van der Waals surface area contributed by atoms with E-state index < -0.39 is 0 Å². The molecular weight excluding hydrogens is 256 g/mol. The zero-order valence-corrected chi connectivity index (χ0v) is 12.9. The molecule has 2 unspecified atom stereocenters. The monoisotopic (exact) mass is 282 g/mol. The molecule has 0 rings (SSSR count). The molecule has 0 aliphatic heterocycles. The quantitative estimate of drug-likeness (QED) is 0.370. The maximum atomic E-state index is 12.0. The summed E-state index contributed by atoms with van der Waals surface area (Å²) in [5.41, 5.74) is 0. The Bertz CT molecular complexity index is 344. The van der Waals surface area contributed by atoms with Gasteiger partial charge in [0.25, 0.3) is 0 Å². The summed E-state index contributed by atoms with van der Waals surface area (Å²) in [6.07, 6.45) is 8.54. The van der Waals surface area contributed by atoms with E-state index in [1.54, 1.807) is 19.9 Å². The molecule has 0 aromatic carbocycles. The highest BCUT2D eigenvalue weighted by atomic mass is 16.5. The van der Waals surface area contributed by atoms with E-state index in [2.05, 4.69) is 0 Å². The molecular formula is C16H26O4. The third-order valence-corrected chi connectivity index (χ3v) is 2.84. The molecule has 0 radical (unpaired) electrons. The van der Waals surface area contributed by atoms with E-state index in [1.165, 1.54) is 6.08 Å². The van der Waals surface area contributed by atoms with Crippen LogP contribution in [-0.2, 0) is 19.1 Å². The third kappa shape index (κ3) is 7.12. The van der Waals surface area contributed by atoms with Crippen LogP contribution in [0.3, 0.4) is 0 Å². The van der Waals surface area contributed by atoms with E-state index in [1.807, 2.05) is 26.0 Å². The van der Waals surface area contributed by atoms with Gasteiger partial charge < -0.3 is 9.47 Å². The van der Waals surface area contributed by atoms with Gasteiger partial charge in [-0.2, -0.15) is 0 Å². The number of rotatable bonds is 9. The second kappa shape index (κ2) is 11.3. The minimum absolute atomic E-state index is 0.0683. The average Bonchev–Trinajstić information content (AvgIpc) is 2.43. The van der Waals surface area contributed by atoms with Crippen molar-refractivity contribution in [3.63, 3.8) is 0 Å². The Labute approximate surface area is 121 Å². The Morgan fingerprint density at radius 3 is 2.15 bits per heavy atom. The van der Waals surface area contributed by atoms with Crippen molar-refractivity contribution in [2.75, 3.05) is 13.2 Å². The Balaban J connectivity index is 4.93. The first kappa shape index (κ1) is 18.4. The number of esters is 2. The van der Waals surface area contributed by atoms with Crippen LogP contribution in [0.1, 0.15) is 40.5 Å². The van der Waals surface area contributed by atoms with Crippen molar-refractivity contribution in [2.45, 2.75) is 40.5 Å². The maximum Gasteiger partial charge on any atom is 0.330 e. The lowest BCUT2D eigenvalue weighted by Crippen LogP contribution is -2.23. The van der Waals surface area contributed by atoms with Crippen LogP contribution < -0.4 is 0 Å². The van der Waals surface area contributed by atoms with Crippen molar-refractivity contribution in [3.05, 3.63) is 24.3 Å². The van der Waals surface area contributed by atoms with Crippen molar-refractivity contribution in [3.8, 4) is 0 Å². The zero-order valence-electron chi connectivity index (χ0n) is 12.9. The van der Waals surface area contributed by atoms with Crippen LogP contribution in [0.2, 0.25) is 0 Å². The molecule has 0 aromatic heterocycles. The van der Waals surface area contributed by atoms with Crippen LogP contribution in [0.5, 0.6) is 0 Å². The highest BCUT2D eigenvalue weighted by molar-refractivity contribution is 5.82. The van der Waals surface area contributed by atoms with Gasteiger partial charge >= 0.3 is 11.9 Å². The third-order valence-electron chi connectivity index (χ3n) is 2.84. The molecule has 0 bridgehead atoms. The topological polar surface area (TPSA) is 52.6 Å². The Morgan fingerprint density at radius 1 is 1.00 bits per heavy atom. The van der Waals surface area contributed by atoms with Crippen LogP contribution in [0.4, 0.5) is 0 Å². The molecule has 0 aromatic rings. The summed E-state index contributed by atoms with van der Waals surface area (Å²) in [7, 11) is 0. The van der Waals surface area contributed by atoms with Crippen LogP contribution in [-0.4, -0.2) is 25.2 Å². The molecule has 20 heavy (non-hydrogen) atoms. The number of carbonyl (C=O) groups excluding carboxylic acids is 2. The number of hydrogen-bond donors (Lipinski definition) is 0. The van der Waals surface area contributed by atoms with Crippen LogP contribution in [0, 0.1) is 11.8 Å². The van der Waals surface area contributed by atoms with Gasteiger partial charge in [0.1, 0.15) is 0 Å². The minimum atomic E-state index is -0.381. The van der Waals surface area contributed by atoms with E-state index >= 15 is 0 Å². The lowest BCUT2D eigenvalue weighted by Gasteiger charge is -2.18. The summed E-state index contributed by atoms with van der Waals surface area (Å²) in [6.45, 7) is 8.23. The molecule has 0 saturated carbocycles. The fraction of sp³-hybridized carbons (Fsp3) is 0.625. The van der Waals surface area contributed by atoms with Gasteiger partial charge in [0, 0.05) is 6.08 Å². The molecule has 0 spiro atoms. The summed E-state index contributed by atoms with van der Waals surface area (Å²) in [5, 5.41) is 0. The van der Waals surface area contributed by atoms with Gasteiger partial charge in [-0.05, 0) is 32.6 Å². The molecule has 4 nitrogen and oxygen atoms in total. The normalized spacial score (nSPS) is 14.4. The number of carbonyl (C=O) groups is 2. The first-order valence-electron chi connectivity index (χ1n) is 7.28. The molecule has 0 saturated heterocycles. The number of ether oxygens (including phenoxy) is 2. The van der Waals surface area contributed by atoms with E-state index in [0.717, 1.165) is 12.8 Å². The predicted octanol–water partition coefficient (Wildman–Crippen LogP) is 3.28. The summed E-state index contributed by atoms with van der Waals surface area (Å²) in [5.74, 6) is -1.06. The molecule has 2 atom stereocenters. The van der Waals surface area contributed by atoms with E-state index in [-0.39, 0.29) is 23.8 Å². The van der Waals surface area contributed by atoms with Crippen LogP contribution >= 0.6 is 0 Å². The highest BCUT2D eigenvalue weighted by Crippen LogP contribution is 2.21. The average molecular weight is 282 g/mol. The Hall–Kier alpha value is -1.58. The SMILES string of the molecule is CCC=CC(C(=O)OCC)C(C=CC(=O)OCC)CC. The van der Waals surface area contributed by atoms with Gasteiger partial charge in [0.15, 0.2) is 0 Å². The lowest BCUT2D eigenvalue weighted by atomic mass is 9.89. The highest BCUT2D eigenvalue weighted by Gasteiger charge is 2.24. The maximum absolute atomic E-state index is 12.0. The van der Waals surface area contributed by atoms with Crippen molar-refractivity contribution in [2.24, 2.45) is 11.8 Å². The number of hydrogen-bond acceptors (Lipinski definition) is 4. The van der Waals surface area contributed by atoms with Crippen molar-refractivity contribution < 1.29 is 19.1 Å². The van der Waals surface area contributed by atoms with Gasteiger partial charge in [-0.1, -0.05) is 32.1 Å². The van der Waals surface area contributed by atoms with E-state index in [0.29, 0.717) is 13.2 Å². The van der Waals surface area contributed by atoms with Gasteiger partial charge in [-0.3, -0.25) is 4.79 Å². The van der Waals surface area contributed by atoms with Gasteiger partial charge in [0.05, 0.1) is 19.1 Å². The molecule has 114 valence electrons. The van der Waals surface area contributed by atoms with E-state index in [9.17, 15) is 9.59 Å². The van der Waals surface area contributed by atoms with Gasteiger partial charge in [-0.15, -0.1) is 0 Å². The van der Waals surface area contributed by atoms with Crippen molar-refractivity contribution >= 4 is 11.9 Å². The zero-order chi connectivity index (χ0) is 15.4. The smallest absolute Gasteiger partial charge is 0.330 e. The lowest BCUT2D eigenvalue weighted by molar-refractivity contribution is -0.147. The fourth-order valence-corrected chi connectivity index (χ4v) is 1.82. The molecule has 0 aliphatic carbocycles. The summed E-state index contributed by atoms with van der Waals surface area (Å²) in [6, 6.07) is 0. The van der Waals surface area contributed by atoms with Crippen molar-refractivity contribution in [1.29, 1.82) is 0 Å². The van der Waals surface area contributed by atoms with Gasteiger partial charge in [0.2, 0.25) is 0 Å². The molecule has 0 heterocycles. The number of allylic oxidation sites excluding steroid dienone is 2. The van der Waals surface area contributed by atoms with Crippen molar-refractivity contribution in [1.82, 2.24) is 0 Å². The Morgan fingerprint density at radius 2 is 1.65 bits per heavy atom. The fourth-order valence-electron chi connectivity index (χ4n) is 1.82. The second-order valence-electron chi connectivity index (χ2n) is 4.30. The van der Waals surface area contributed by atoms with Gasteiger partial charge in [-0.25, -0.2) is 4.79 Å². The predicted molar refractivity (Wildman–Crippen MR) is 79.1 cm³/mol. The summed E-state index contributed by atoms with van der Waals surface area (Å²) < 4.78 is 9.94. The largest absolute Gasteiger partial charge is 0.466 e. The summed E-state index contributed by atoms with van der Waals surface area (Å²) >= 11 is 0. The molecule has 0 aliphatic rings. The molecule has 0 amide bonds. The minimum Gasteiger partial charge on any atom is -0.466 e. The standard InChI is InChI=1S/C16H26O4/c1-5-9-10-14(16(18)20-8-4)13(6-2)11-12-15(17)19-7-3/h9-14H,5-8H2,1-4H3. The first-order chi connectivity index (χ1) is 9.60. The van der Waals surface area contributed by atoms with Crippen LogP contribution in [0.25, 0.3) is 0 Å². The van der Waals surface area contributed by atoms with Crippen LogP contribution in [0.15, 0.2) is 24.3 Å². The van der Waals surface area contributed by atoms with E-state index in [4.69, 9.17) is 9.47 Å². The molecule has 0 N–H and O–H groups in total. The second-order valence-corrected chi connectivity index (χ2v) is 4.30. The molecule has 0 fully saturated rings. The molecule has 4 heteroatoms. The Kier molecular flexibility index (Phi) is 10.4.